The molecule has 17 heavy (non-hydrogen) atoms. The molecule has 2 fully saturated rings. The predicted octanol–water partition coefficient (Wildman–Crippen LogP) is 1.27. The molecule has 1 aliphatic carbocycles. The van der Waals surface area contributed by atoms with Gasteiger partial charge < -0.3 is 10.2 Å². The van der Waals surface area contributed by atoms with Crippen molar-refractivity contribution in [3.63, 3.8) is 0 Å². The van der Waals surface area contributed by atoms with E-state index >= 15 is 0 Å². The van der Waals surface area contributed by atoms with Crippen LogP contribution in [0, 0.1) is 0 Å². The van der Waals surface area contributed by atoms with Crippen LogP contribution in [0.2, 0.25) is 0 Å². The van der Waals surface area contributed by atoms with Gasteiger partial charge in [-0.05, 0) is 26.7 Å². The lowest BCUT2D eigenvalue weighted by atomic mass is 9.82. The van der Waals surface area contributed by atoms with Crippen molar-refractivity contribution in [2.75, 3.05) is 5.88 Å². The number of hydrogen-bond donors (Lipinski definition) is 1. The Hall–Kier alpha value is -0.770. The van der Waals surface area contributed by atoms with E-state index in [1.54, 1.807) is 18.7 Å². The highest BCUT2D eigenvalue weighted by Crippen LogP contribution is 2.33. The van der Waals surface area contributed by atoms with Gasteiger partial charge in [-0.2, -0.15) is 0 Å². The number of halogens is 1. The summed E-state index contributed by atoms with van der Waals surface area (Å²) >= 11 is 5.67. The third kappa shape index (κ3) is 2.03. The lowest BCUT2D eigenvalue weighted by molar-refractivity contribution is -0.156. The van der Waals surface area contributed by atoms with Crippen LogP contribution in [0.25, 0.3) is 0 Å². The first-order chi connectivity index (χ1) is 7.98. The van der Waals surface area contributed by atoms with Gasteiger partial charge in [0, 0.05) is 6.04 Å². The number of carbonyl (C=O) groups is 2. The maximum atomic E-state index is 12.1. The molecule has 0 bridgehead atoms. The molecule has 2 aliphatic rings. The molecule has 1 N–H and O–H groups in total. The molecule has 5 heteroatoms. The van der Waals surface area contributed by atoms with E-state index in [1.165, 1.54) is 0 Å². The lowest BCUT2D eigenvalue weighted by Crippen LogP contribution is -2.72. The van der Waals surface area contributed by atoms with Gasteiger partial charge >= 0.3 is 0 Å². The Labute approximate surface area is 107 Å². The van der Waals surface area contributed by atoms with Crippen molar-refractivity contribution >= 4 is 23.4 Å². The van der Waals surface area contributed by atoms with Crippen LogP contribution in [0.15, 0.2) is 0 Å². The van der Waals surface area contributed by atoms with Gasteiger partial charge in [0.25, 0.3) is 0 Å². The summed E-state index contributed by atoms with van der Waals surface area (Å²) in [7, 11) is 0. The Kier molecular flexibility index (Phi) is 3.34. The molecule has 1 aliphatic heterocycles. The van der Waals surface area contributed by atoms with Crippen molar-refractivity contribution in [1.29, 1.82) is 0 Å². The second-order valence-electron chi connectivity index (χ2n) is 5.39. The van der Waals surface area contributed by atoms with Crippen molar-refractivity contribution in [2.24, 2.45) is 0 Å². The van der Waals surface area contributed by atoms with Crippen LogP contribution in [-0.4, -0.2) is 40.2 Å². The second-order valence-corrected chi connectivity index (χ2v) is 5.66. The summed E-state index contributed by atoms with van der Waals surface area (Å²) < 4.78 is 0. The summed E-state index contributed by atoms with van der Waals surface area (Å²) in [5.74, 6) is -0.262. The highest BCUT2D eigenvalue weighted by Gasteiger charge is 2.49. The van der Waals surface area contributed by atoms with E-state index < -0.39 is 5.54 Å². The van der Waals surface area contributed by atoms with Gasteiger partial charge in [0.1, 0.15) is 11.4 Å². The van der Waals surface area contributed by atoms with Gasteiger partial charge in [-0.15, -0.1) is 11.6 Å². The molecule has 4 nitrogen and oxygen atoms in total. The molecular formula is C12H19ClN2O2. The third-order valence-electron chi connectivity index (χ3n) is 3.92. The number of piperazine rings is 1. The van der Waals surface area contributed by atoms with Crippen LogP contribution >= 0.6 is 11.6 Å². The molecule has 0 aromatic heterocycles. The summed E-state index contributed by atoms with van der Waals surface area (Å²) in [6, 6.07) is 0.221. The standard InChI is InChI=1S/C12H19ClN2O2/c1-12(2)11(17)14-8-5-3-4-6-9(8)15(12)10(16)7-13/h8-9H,3-7H2,1-2H3,(H,14,17). The van der Waals surface area contributed by atoms with Gasteiger partial charge in [0.05, 0.1) is 6.04 Å². The lowest BCUT2D eigenvalue weighted by Gasteiger charge is -2.52. The molecule has 2 unspecified atom stereocenters. The first kappa shape index (κ1) is 12.7. The Morgan fingerprint density at radius 2 is 2.12 bits per heavy atom. The van der Waals surface area contributed by atoms with Crippen LogP contribution in [-0.2, 0) is 9.59 Å². The summed E-state index contributed by atoms with van der Waals surface area (Å²) in [6.07, 6.45) is 4.14. The number of hydrogen-bond acceptors (Lipinski definition) is 2. The Balaban J connectivity index is 2.32. The molecule has 0 aromatic rings. The van der Waals surface area contributed by atoms with Crippen LogP contribution < -0.4 is 5.32 Å². The molecule has 1 saturated heterocycles. The average molecular weight is 259 g/mol. The first-order valence-corrected chi connectivity index (χ1v) is 6.71. The molecule has 2 rings (SSSR count). The van der Waals surface area contributed by atoms with Crippen molar-refractivity contribution in [2.45, 2.75) is 57.2 Å². The minimum Gasteiger partial charge on any atom is -0.349 e. The fraction of sp³-hybridized carbons (Fsp3) is 0.833. The van der Waals surface area contributed by atoms with Gasteiger partial charge in [0.2, 0.25) is 11.8 Å². The normalized spacial score (nSPS) is 31.7. The van der Waals surface area contributed by atoms with Crippen molar-refractivity contribution < 1.29 is 9.59 Å². The third-order valence-corrected chi connectivity index (χ3v) is 4.15. The molecule has 0 aromatic carbocycles. The Morgan fingerprint density at radius 1 is 1.47 bits per heavy atom. The summed E-state index contributed by atoms with van der Waals surface area (Å²) in [4.78, 5) is 25.8. The molecule has 1 heterocycles. The van der Waals surface area contributed by atoms with Crippen LogP contribution in [0.4, 0.5) is 0 Å². The van der Waals surface area contributed by atoms with Crippen molar-refractivity contribution in [3.8, 4) is 0 Å². The molecular weight excluding hydrogens is 240 g/mol. The van der Waals surface area contributed by atoms with Gasteiger partial charge in [-0.25, -0.2) is 0 Å². The average Bonchev–Trinajstić information content (AvgIpc) is 2.29. The first-order valence-electron chi connectivity index (χ1n) is 6.17. The highest BCUT2D eigenvalue weighted by molar-refractivity contribution is 6.27. The number of nitrogens with one attached hydrogen (secondary N) is 1. The van der Waals surface area contributed by atoms with Crippen LogP contribution in [0.3, 0.4) is 0 Å². The number of alkyl halides is 1. The maximum absolute atomic E-state index is 12.1. The van der Waals surface area contributed by atoms with E-state index in [1.807, 2.05) is 0 Å². The van der Waals surface area contributed by atoms with E-state index in [-0.39, 0.29) is 29.8 Å². The predicted molar refractivity (Wildman–Crippen MR) is 65.8 cm³/mol. The summed E-state index contributed by atoms with van der Waals surface area (Å²) in [5, 5.41) is 3.04. The number of nitrogens with zero attached hydrogens (tertiary/aromatic N) is 1. The number of rotatable bonds is 1. The monoisotopic (exact) mass is 258 g/mol. The zero-order chi connectivity index (χ0) is 12.6. The Bertz CT molecular complexity index is 343. The van der Waals surface area contributed by atoms with Crippen molar-refractivity contribution in [3.05, 3.63) is 0 Å². The quantitative estimate of drug-likeness (QED) is 0.721. The van der Waals surface area contributed by atoms with Gasteiger partial charge in [0.15, 0.2) is 0 Å². The summed E-state index contributed by atoms with van der Waals surface area (Å²) in [5.41, 5.74) is -0.787. The van der Waals surface area contributed by atoms with E-state index in [2.05, 4.69) is 5.32 Å². The van der Waals surface area contributed by atoms with Gasteiger partial charge in [-0.1, -0.05) is 12.8 Å². The second kappa shape index (κ2) is 4.48. The SMILES string of the molecule is CC1(C)C(=O)NC2CCCCC2N1C(=O)CCl. The van der Waals surface area contributed by atoms with Crippen LogP contribution in [0.1, 0.15) is 39.5 Å². The van der Waals surface area contributed by atoms with Crippen LogP contribution in [0.5, 0.6) is 0 Å². The van der Waals surface area contributed by atoms with E-state index in [0.717, 1.165) is 25.7 Å². The molecule has 0 radical (unpaired) electrons. The smallest absolute Gasteiger partial charge is 0.245 e. The molecule has 1 saturated carbocycles. The van der Waals surface area contributed by atoms with E-state index in [0.29, 0.717) is 0 Å². The fourth-order valence-corrected chi connectivity index (χ4v) is 3.15. The highest BCUT2D eigenvalue weighted by atomic mass is 35.5. The van der Waals surface area contributed by atoms with Gasteiger partial charge in [-0.3, -0.25) is 9.59 Å². The number of carbonyl (C=O) groups excluding carboxylic acids is 2. The largest absolute Gasteiger partial charge is 0.349 e. The minimum absolute atomic E-state index is 0.0556. The zero-order valence-corrected chi connectivity index (χ0v) is 11.1. The summed E-state index contributed by atoms with van der Waals surface area (Å²) in [6.45, 7) is 3.58. The maximum Gasteiger partial charge on any atom is 0.245 e. The molecule has 0 spiro atoms. The topological polar surface area (TPSA) is 49.4 Å². The minimum atomic E-state index is -0.787. The Morgan fingerprint density at radius 3 is 2.76 bits per heavy atom. The number of fused-ring (bicyclic) bond motifs is 1. The fourth-order valence-electron chi connectivity index (χ4n) is 3.02. The number of amides is 2. The molecule has 2 atom stereocenters. The molecule has 2 amide bonds. The zero-order valence-electron chi connectivity index (χ0n) is 10.3. The molecule has 96 valence electrons. The van der Waals surface area contributed by atoms with Crippen molar-refractivity contribution in [1.82, 2.24) is 10.2 Å². The van der Waals surface area contributed by atoms with E-state index in [4.69, 9.17) is 11.6 Å². The van der Waals surface area contributed by atoms with E-state index in [9.17, 15) is 9.59 Å².